The fraction of sp³-hybridized carbons (Fsp3) is 0.429. The first-order valence-electron chi connectivity index (χ1n) is 6.17. The topological polar surface area (TPSA) is 29.0 Å². The Morgan fingerprint density at radius 3 is 2.56 bits per heavy atom. The molecule has 1 heterocycles. The van der Waals surface area contributed by atoms with Gasteiger partial charge in [0, 0.05) is 29.2 Å². The SMILES string of the molecule is Cc1nnc(N(C)CCC(C)Br)c2ccccc12. The minimum absolute atomic E-state index is 0.518. The van der Waals surface area contributed by atoms with E-state index in [0.29, 0.717) is 4.83 Å². The van der Waals surface area contributed by atoms with Crippen molar-refractivity contribution in [2.45, 2.75) is 25.1 Å². The van der Waals surface area contributed by atoms with E-state index in [1.165, 1.54) is 10.8 Å². The van der Waals surface area contributed by atoms with E-state index in [0.717, 1.165) is 24.5 Å². The zero-order valence-corrected chi connectivity index (χ0v) is 12.6. The van der Waals surface area contributed by atoms with Gasteiger partial charge in [-0.1, -0.05) is 47.1 Å². The number of nitrogens with zero attached hydrogens (tertiary/aromatic N) is 3. The van der Waals surface area contributed by atoms with Crippen LogP contribution in [0.15, 0.2) is 24.3 Å². The third-order valence-electron chi connectivity index (χ3n) is 3.08. The summed E-state index contributed by atoms with van der Waals surface area (Å²) in [5.41, 5.74) is 0.983. The first-order chi connectivity index (χ1) is 8.59. The highest BCUT2D eigenvalue weighted by Crippen LogP contribution is 2.24. The standard InChI is InChI=1S/C14H18BrN3/c1-10(15)8-9-18(3)14-13-7-5-4-6-12(13)11(2)16-17-14/h4-7,10H,8-9H2,1-3H3. The highest BCUT2D eigenvalue weighted by molar-refractivity contribution is 9.09. The van der Waals surface area contributed by atoms with Crippen LogP contribution in [0.3, 0.4) is 0 Å². The molecule has 4 heteroatoms. The van der Waals surface area contributed by atoms with Gasteiger partial charge in [-0.15, -0.1) is 5.10 Å². The smallest absolute Gasteiger partial charge is 0.158 e. The number of aryl methyl sites for hydroxylation is 1. The van der Waals surface area contributed by atoms with Crippen molar-refractivity contribution in [3.8, 4) is 0 Å². The number of hydrogen-bond acceptors (Lipinski definition) is 3. The van der Waals surface area contributed by atoms with Crippen molar-refractivity contribution >= 4 is 32.5 Å². The fourth-order valence-electron chi connectivity index (χ4n) is 1.98. The largest absolute Gasteiger partial charge is 0.358 e. The van der Waals surface area contributed by atoms with Crippen LogP contribution in [0.4, 0.5) is 5.82 Å². The number of halogens is 1. The van der Waals surface area contributed by atoms with E-state index in [2.05, 4.69) is 57.1 Å². The van der Waals surface area contributed by atoms with Crippen LogP contribution in [0.5, 0.6) is 0 Å². The van der Waals surface area contributed by atoms with E-state index in [-0.39, 0.29) is 0 Å². The molecule has 96 valence electrons. The molecule has 3 nitrogen and oxygen atoms in total. The Morgan fingerprint density at radius 2 is 1.89 bits per heavy atom. The lowest BCUT2D eigenvalue weighted by atomic mass is 10.1. The molecule has 0 aliphatic heterocycles. The Morgan fingerprint density at radius 1 is 1.22 bits per heavy atom. The van der Waals surface area contributed by atoms with Crippen LogP contribution in [0.1, 0.15) is 19.0 Å². The first kappa shape index (κ1) is 13.3. The molecule has 0 aliphatic rings. The second-order valence-corrected chi connectivity index (χ2v) is 6.21. The molecule has 1 unspecified atom stereocenters. The van der Waals surface area contributed by atoms with Gasteiger partial charge in [0.2, 0.25) is 0 Å². The number of aromatic nitrogens is 2. The molecule has 0 N–H and O–H groups in total. The molecule has 2 rings (SSSR count). The molecule has 2 aromatic rings. The molecular formula is C14H18BrN3. The van der Waals surface area contributed by atoms with E-state index in [9.17, 15) is 0 Å². The second-order valence-electron chi connectivity index (χ2n) is 4.65. The van der Waals surface area contributed by atoms with Gasteiger partial charge >= 0.3 is 0 Å². The number of benzene rings is 1. The summed E-state index contributed by atoms with van der Waals surface area (Å²) in [4.78, 5) is 2.69. The highest BCUT2D eigenvalue weighted by Gasteiger charge is 2.10. The van der Waals surface area contributed by atoms with Gasteiger partial charge in [0.1, 0.15) is 0 Å². The fourth-order valence-corrected chi connectivity index (χ4v) is 2.19. The molecule has 18 heavy (non-hydrogen) atoms. The normalized spacial score (nSPS) is 12.7. The summed E-state index contributed by atoms with van der Waals surface area (Å²) in [6.45, 7) is 5.13. The first-order valence-corrected chi connectivity index (χ1v) is 7.08. The Balaban J connectivity index is 2.36. The highest BCUT2D eigenvalue weighted by atomic mass is 79.9. The third kappa shape index (κ3) is 2.80. The molecule has 1 atom stereocenters. The average molecular weight is 308 g/mol. The van der Waals surface area contributed by atoms with Gasteiger partial charge in [0.25, 0.3) is 0 Å². The van der Waals surface area contributed by atoms with Crippen LogP contribution in [-0.2, 0) is 0 Å². The quantitative estimate of drug-likeness (QED) is 0.809. The Kier molecular flexibility index (Phi) is 4.17. The van der Waals surface area contributed by atoms with Crippen molar-refractivity contribution in [3.63, 3.8) is 0 Å². The maximum absolute atomic E-state index is 4.34. The zero-order valence-electron chi connectivity index (χ0n) is 11.0. The molecule has 1 aromatic heterocycles. The van der Waals surface area contributed by atoms with Crippen molar-refractivity contribution in [1.29, 1.82) is 0 Å². The van der Waals surface area contributed by atoms with Crippen LogP contribution >= 0.6 is 15.9 Å². The Labute approximate surface area is 116 Å². The maximum Gasteiger partial charge on any atom is 0.158 e. The lowest BCUT2D eigenvalue weighted by molar-refractivity contribution is 0.773. The van der Waals surface area contributed by atoms with Gasteiger partial charge in [0.15, 0.2) is 5.82 Å². The summed E-state index contributed by atoms with van der Waals surface area (Å²) >= 11 is 3.57. The summed E-state index contributed by atoms with van der Waals surface area (Å²) < 4.78 is 0. The zero-order chi connectivity index (χ0) is 13.1. The minimum Gasteiger partial charge on any atom is -0.358 e. The van der Waals surface area contributed by atoms with Gasteiger partial charge in [0.05, 0.1) is 5.69 Å². The summed E-state index contributed by atoms with van der Waals surface area (Å²) in [5, 5.41) is 11.0. The van der Waals surface area contributed by atoms with E-state index < -0.39 is 0 Å². The molecule has 0 fully saturated rings. The van der Waals surface area contributed by atoms with Crippen LogP contribution in [0.25, 0.3) is 10.8 Å². The van der Waals surface area contributed by atoms with E-state index in [4.69, 9.17) is 0 Å². The molecule has 0 aliphatic carbocycles. The van der Waals surface area contributed by atoms with Crippen LogP contribution in [0, 0.1) is 6.92 Å². The Bertz CT molecular complexity index is 540. The lowest BCUT2D eigenvalue weighted by Gasteiger charge is -2.20. The number of alkyl halides is 1. The number of anilines is 1. The molecule has 1 aromatic carbocycles. The third-order valence-corrected chi connectivity index (χ3v) is 3.53. The van der Waals surface area contributed by atoms with E-state index >= 15 is 0 Å². The monoisotopic (exact) mass is 307 g/mol. The summed E-state index contributed by atoms with van der Waals surface area (Å²) in [7, 11) is 2.07. The Hall–Kier alpha value is -1.16. The minimum atomic E-state index is 0.518. The van der Waals surface area contributed by atoms with Gasteiger partial charge < -0.3 is 4.90 Å². The summed E-state index contributed by atoms with van der Waals surface area (Å²) in [5.74, 6) is 0.962. The number of fused-ring (bicyclic) bond motifs is 1. The van der Waals surface area contributed by atoms with Crippen LogP contribution in [-0.4, -0.2) is 28.6 Å². The van der Waals surface area contributed by atoms with E-state index in [1.807, 2.05) is 19.1 Å². The van der Waals surface area contributed by atoms with Crippen molar-refractivity contribution in [1.82, 2.24) is 10.2 Å². The lowest BCUT2D eigenvalue weighted by Crippen LogP contribution is -2.22. The summed E-state index contributed by atoms with van der Waals surface area (Å²) in [6, 6.07) is 8.31. The number of hydrogen-bond donors (Lipinski definition) is 0. The van der Waals surface area contributed by atoms with Crippen molar-refractivity contribution in [3.05, 3.63) is 30.0 Å². The van der Waals surface area contributed by atoms with Crippen LogP contribution in [0.2, 0.25) is 0 Å². The molecule has 0 saturated carbocycles. The predicted octanol–water partition coefficient (Wildman–Crippen LogP) is 3.55. The van der Waals surface area contributed by atoms with Crippen LogP contribution < -0.4 is 4.90 Å². The van der Waals surface area contributed by atoms with Gasteiger partial charge in [-0.3, -0.25) is 0 Å². The van der Waals surface area contributed by atoms with Crippen molar-refractivity contribution in [2.75, 3.05) is 18.5 Å². The number of rotatable bonds is 4. The molecule has 0 spiro atoms. The molecule has 0 saturated heterocycles. The van der Waals surface area contributed by atoms with Gasteiger partial charge in [-0.25, -0.2) is 0 Å². The molecule has 0 radical (unpaired) electrons. The van der Waals surface area contributed by atoms with Gasteiger partial charge in [-0.2, -0.15) is 5.10 Å². The molecule has 0 amide bonds. The van der Waals surface area contributed by atoms with E-state index in [1.54, 1.807) is 0 Å². The van der Waals surface area contributed by atoms with Crippen molar-refractivity contribution in [2.24, 2.45) is 0 Å². The molecular weight excluding hydrogens is 290 g/mol. The average Bonchev–Trinajstić information content (AvgIpc) is 2.37. The molecule has 0 bridgehead atoms. The summed E-state index contributed by atoms with van der Waals surface area (Å²) in [6.07, 6.45) is 1.08. The van der Waals surface area contributed by atoms with Crippen molar-refractivity contribution < 1.29 is 0 Å². The predicted molar refractivity (Wildman–Crippen MR) is 80.6 cm³/mol. The maximum atomic E-state index is 4.34. The second kappa shape index (κ2) is 5.65. The van der Waals surface area contributed by atoms with Gasteiger partial charge in [-0.05, 0) is 13.3 Å².